The number of hydrogen-bond acceptors (Lipinski definition) is 2. The molecular weight excluding hydrogens is 279 g/mol. The summed E-state index contributed by atoms with van der Waals surface area (Å²) < 4.78 is 6.30. The molecule has 1 aromatic rings. The van der Waals surface area contributed by atoms with Crippen molar-refractivity contribution in [2.75, 3.05) is 0 Å². The van der Waals surface area contributed by atoms with Crippen molar-refractivity contribution in [2.45, 2.75) is 19.3 Å². The van der Waals surface area contributed by atoms with Gasteiger partial charge in [0.15, 0.2) is 0 Å². The van der Waals surface area contributed by atoms with Crippen LogP contribution in [0.4, 0.5) is 0 Å². The van der Waals surface area contributed by atoms with Gasteiger partial charge in [0.1, 0.15) is 5.75 Å². The summed E-state index contributed by atoms with van der Waals surface area (Å²) in [5.74, 6) is 0.634. The van der Waals surface area contributed by atoms with Crippen LogP contribution in [-0.2, 0) is 11.2 Å². The van der Waals surface area contributed by atoms with Crippen LogP contribution in [0.1, 0.15) is 18.4 Å². The largest absolute Gasteiger partial charge is 0.426 e. The van der Waals surface area contributed by atoms with Crippen molar-refractivity contribution in [1.29, 1.82) is 0 Å². The number of hydrogen-bond donors (Lipinski definition) is 0. The van der Waals surface area contributed by atoms with Gasteiger partial charge in [0, 0.05) is 9.99 Å². The lowest BCUT2D eigenvalue weighted by Gasteiger charge is -2.04. The Morgan fingerprint density at radius 1 is 1.31 bits per heavy atom. The standard InChI is InChI=1S/C10H9IO2/c11-8-5-4-7-2-1-3-10(12)13-9(7)6-8/h4-6H,1-3H2. The first-order chi connectivity index (χ1) is 6.25. The van der Waals surface area contributed by atoms with Crippen LogP contribution in [-0.4, -0.2) is 5.97 Å². The molecule has 2 nitrogen and oxygen atoms in total. The van der Waals surface area contributed by atoms with E-state index in [1.807, 2.05) is 18.2 Å². The van der Waals surface area contributed by atoms with Gasteiger partial charge in [-0.3, -0.25) is 4.79 Å². The van der Waals surface area contributed by atoms with Crippen LogP contribution in [0.3, 0.4) is 0 Å². The first kappa shape index (κ1) is 8.99. The van der Waals surface area contributed by atoms with E-state index in [0.717, 1.165) is 27.7 Å². The Morgan fingerprint density at radius 2 is 2.15 bits per heavy atom. The number of esters is 1. The molecule has 0 atom stereocenters. The Bertz CT molecular complexity index is 347. The number of carbonyl (C=O) groups excluding carboxylic acids is 1. The van der Waals surface area contributed by atoms with Crippen LogP contribution in [0.2, 0.25) is 0 Å². The second kappa shape index (κ2) is 3.65. The highest BCUT2D eigenvalue weighted by atomic mass is 127. The predicted molar refractivity (Wildman–Crippen MR) is 57.7 cm³/mol. The van der Waals surface area contributed by atoms with E-state index in [1.165, 1.54) is 0 Å². The molecule has 0 unspecified atom stereocenters. The molecule has 0 bridgehead atoms. The van der Waals surface area contributed by atoms with Crippen LogP contribution in [0.15, 0.2) is 18.2 Å². The van der Waals surface area contributed by atoms with E-state index >= 15 is 0 Å². The van der Waals surface area contributed by atoms with Crippen molar-refractivity contribution in [3.63, 3.8) is 0 Å². The molecule has 13 heavy (non-hydrogen) atoms. The number of carbonyl (C=O) groups is 1. The third-order valence-corrected chi connectivity index (χ3v) is 2.75. The quantitative estimate of drug-likeness (QED) is 0.416. The highest BCUT2D eigenvalue weighted by molar-refractivity contribution is 14.1. The Hall–Kier alpha value is -0.580. The fourth-order valence-corrected chi connectivity index (χ4v) is 1.89. The van der Waals surface area contributed by atoms with Crippen molar-refractivity contribution in [2.24, 2.45) is 0 Å². The number of fused-ring (bicyclic) bond motifs is 1. The smallest absolute Gasteiger partial charge is 0.311 e. The van der Waals surface area contributed by atoms with Gasteiger partial charge in [0.25, 0.3) is 0 Å². The SMILES string of the molecule is O=C1CCCc2ccc(I)cc2O1. The first-order valence-electron chi connectivity index (χ1n) is 4.25. The zero-order valence-corrected chi connectivity index (χ0v) is 9.21. The van der Waals surface area contributed by atoms with Crippen LogP contribution in [0.5, 0.6) is 5.75 Å². The van der Waals surface area contributed by atoms with Crippen molar-refractivity contribution < 1.29 is 9.53 Å². The summed E-state index contributed by atoms with van der Waals surface area (Å²) in [6, 6.07) is 5.99. The van der Waals surface area contributed by atoms with Gasteiger partial charge in [-0.05, 0) is 53.1 Å². The minimum atomic E-state index is -0.110. The van der Waals surface area contributed by atoms with E-state index < -0.39 is 0 Å². The summed E-state index contributed by atoms with van der Waals surface area (Å²) in [7, 11) is 0. The molecule has 1 aromatic carbocycles. The van der Waals surface area contributed by atoms with Gasteiger partial charge >= 0.3 is 5.97 Å². The number of aryl methyl sites for hydroxylation is 1. The van der Waals surface area contributed by atoms with Crippen molar-refractivity contribution in [1.82, 2.24) is 0 Å². The summed E-state index contributed by atoms with van der Waals surface area (Å²) in [5.41, 5.74) is 1.14. The van der Waals surface area contributed by atoms with E-state index in [2.05, 4.69) is 22.6 Å². The lowest BCUT2D eigenvalue weighted by Crippen LogP contribution is -2.05. The van der Waals surface area contributed by atoms with E-state index in [-0.39, 0.29) is 5.97 Å². The Balaban J connectivity index is 2.40. The maximum atomic E-state index is 11.1. The molecule has 0 N–H and O–H groups in total. The van der Waals surface area contributed by atoms with Crippen LogP contribution >= 0.6 is 22.6 Å². The van der Waals surface area contributed by atoms with E-state index in [9.17, 15) is 4.79 Å². The molecule has 0 amide bonds. The molecule has 3 heteroatoms. The molecule has 0 saturated carbocycles. The van der Waals surface area contributed by atoms with Crippen LogP contribution in [0.25, 0.3) is 0 Å². The van der Waals surface area contributed by atoms with Gasteiger partial charge in [-0.2, -0.15) is 0 Å². The first-order valence-corrected chi connectivity index (χ1v) is 5.33. The third-order valence-electron chi connectivity index (χ3n) is 2.08. The topological polar surface area (TPSA) is 26.3 Å². The van der Waals surface area contributed by atoms with Crippen LogP contribution in [0, 0.1) is 3.57 Å². The summed E-state index contributed by atoms with van der Waals surface area (Å²) in [6.45, 7) is 0. The molecule has 0 radical (unpaired) electrons. The molecule has 0 saturated heterocycles. The molecule has 1 aliphatic rings. The van der Waals surface area contributed by atoms with E-state index in [0.29, 0.717) is 6.42 Å². The molecule has 0 aliphatic carbocycles. The average molecular weight is 288 g/mol. The molecule has 68 valence electrons. The maximum Gasteiger partial charge on any atom is 0.311 e. The molecule has 0 spiro atoms. The van der Waals surface area contributed by atoms with Gasteiger partial charge in [-0.15, -0.1) is 0 Å². The Kier molecular flexibility index (Phi) is 2.53. The van der Waals surface area contributed by atoms with Crippen molar-refractivity contribution in [3.05, 3.63) is 27.3 Å². The molecule has 1 aliphatic heterocycles. The summed E-state index contributed by atoms with van der Waals surface area (Å²) in [4.78, 5) is 11.1. The summed E-state index contributed by atoms with van der Waals surface area (Å²) in [5, 5.41) is 0. The second-order valence-corrected chi connectivity index (χ2v) is 4.33. The maximum absolute atomic E-state index is 11.1. The van der Waals surface area contributed by atoms with Gasteiger partial charge in [-0.1, -0.05) is 6.07 Å². The number of rotatable bonds is 0. The van der Waals surface area contributed by atoms with Gasteiger partial charge in [0.2, 0.25) is 0 Å². The van der Waals surface area contributed by atoms with Crippen molar-refractivity contribution >= 4 is 28.6 Å². The summed E-state index contributed by atoms with van der Waals surface area (Å²) in [6.07, 6.45) is 2.37. The Morgan fingerprint density at radius 3 is 3.00 bits per heavy atom. The zero-order valence-electron chi connectivity index (χ0n) is 7.05. The van der Waals surface area contributed by atoms with E-state index in [1.54, 1.807) is 0 Å². The van der Waals surface area contributed by atoms with Crippen LogP contribution < -0.4 is 4.74 Å². The molecule has 2 rings (SSSR count). The normalized spacial score (nSPS) is 15.9. The molecule has 0 aromatic heterocycles. The fourth-order valence-electron chi connectivity index (χ4n) is 1.43. The molecular formula is C10H9IO2. The lowest BCUT2D eigenvalue weighted by atomic mass is 10.1. The Labute approximate surface area is 90.4 Å². The van der Waals surface area contributed by atoms with Gasteiger partial charge in [0.05, 0.1) is 0 Å². The van der Waals surface area contributed by atoms with E-state index in [4.69, 9.17) is 4.74 Å². The average Bonchev–Trinajstić information content (AvgIpc) is 2.25. The highest BCUT2D eigenvalue weighted by Gasteiger charge is 2.14. The van der Waals surface area contributed by atoms with Crippen molar-refractivity contribution in [3.8, 4) is 5.75 Å². The zero-order chi connectivity index (χ0) is 9.26. The number of halogens is 1. The predicted octanol–water partition coefficient (Wildman–Crippen LogP) is 2.53. The fraction of sp³-hybridized carbons (Fsp3) is 0.300. The van der Waals surface area contributed by atoms with Gasteiger partial charge < -0.3 is 4.74 Å². The number of benzene rings is 1. The second-order valence-electron chi connectivity index (χ2n) is 3.08. The summed E-state index contributed by atoms with van der Waals surface area (Å²) >= 11 is 2.21. The molecule has 0 fully saturated rings. The molecule has 1 heterocycles. The monoisotopic (exact) mass is 288 g/mol. The minimum absolute atomic E-state index is 0.110. The lowest BCUT2D eigenvalue weighted by molar-refractivity contribution is -0.134. The highest BCUT2D eigenvalue weighted by Crippen LogP contribution is 2.26. The number of ether oxygens (including phenoxy) is 1. The minimum Gasteiger partial charge on any atom is -0.426 e. The third kappa shape index (κ3) is 2.02. The van der Waals surface area contributed by atoms with Gasteiger partial charge in [-0.25, -0.2) is 0 Å².